The Morgan fingerprint density at radius 1 is 1.13 bits per heavy atom. The van der Waals surface area contributed by atoms with Gasteiger partial charge in [0.15, 0.2) is 24.8 Å². The number of carbonyl (C=O) groups is 2. The maximum Gasteiger partial charge on any atom is 0.296 e. The Morgan fingerprint density at radius 2 is 1.87 bits per heavy atom. The topological polar surface area (TPSA) is 77.8 Å². The Labute approximate surface area is 133 Å². The zero-order valence-electron chi connectivity index (χ0n) is 12.6. The molecular weight excluding hydrogens is 292 g/mol. The molecule has 6 heteroatoms. The summed E-state index contributed by atoms with van der Waals surface area (Å²) >= 11 is 0. The van der Waals surface area contributed by atoms with Crippen LogP contribution in [0.4, 0.5) is 0 Å². The van der Waals surface area contributed by atoms with E-state index in [9.17, 15) is 9.59 Å². The van der Waals surface area contributed by atoms with Crippen molar-refractivity contribution >= 4 is 17.7 Å². The van der Waals surface area contributed by atoms with Crippen molar-refractivity contribution in [3.63, 3.8) is 0 Å². The Hall–Kier alpha value is -3.11. The SMILES string of the molecule is C[n+]1cccc([C@H]2C(=C=N)C(=O)NC(=O)[C@@H]2[n+]2ccccc2)c1. The Kier molecular flexibility index (Phi) is 3.83. The maximum atomic E-state index is 12.5. The fourth-order valence-electron chi connectivity index (χ4n) is 2.89. The van der Waals surface area contributed by atoms with Crippen LogP contribution < -0.4 is 14.5 Å². The van der Waals surface area contributed by atoms with Crippen molar-refractivity contribution in [1.29, 1.82) is 5.41 Å². The average Bonchev–Trinajstić information content (AvgIpc) is 2.55. The van der Waals surface area contributed by atoms with Gasteiger partial charge in [-0.05, 0) is 11.9 Å². The number of aromatic nitrogens is 2. The maximum absolute atomic E-state index is 12.5. The van der Waals surface area contributed by atoms with E-state index in [0.29, 0.717) is 0 Å². The number of nitrogens with one attached hydrogen (secondary N) is 2. The molecular formula is C17H16N4O2+2. The number of aryl methyl sites for hydroxylation is 1. The molecule has 0 radical (unpaired) electrons. The van der Waals surface area contributed by atoms with Gasteiger partial charge in [-0.25, -0.2) is 4.57 Å². The lowest BCUT2D eigenvalue weighted by Gasteiger charge is -2.26. The summed E-state index contributed by atoms with van der Waals surface area (Å²) in [6, 6.07) is 8.54. The molecule has 0 unspecified atom stereocenters. The van der Waals surface area contributed by atoms with E-state index in [0.717, 1.165) is 5.56 Å². The molecule has 1 saturated heterocycles. The molecule has 0 saturated carbocycles. The van der Waals surface area contributed by atoms with Gasteiger partial charge in [0.25, 0.3) is 11.8 Å². The van der Waals surface area contributed by atoms with Gasteiger partial charge in [0.2, 0.25) is 6.04 Å². The van der Waals surface area contributed by atoms with E-state index in [1.165, 1.54) is 0 Å². The first kappa shape index (κ1) is 14.8. The molecule has 0 aromatic carbocycles. The molecule has 2 aromatic heterocycles. The summed E-state index contributed by atoms with van der Waals surface area (Å²) in [5.74, 6) is 0.712. The van der Waals surface area contributed by atoms with Gasteiger partial charge in [-0.3, -0.25) is 20.3 Å². The largest absolute Gasteiger partial charge is 0.296 e. The van der Waals surface area contributed by atoms with Crippen LogP contribution in [0.3, 0.4) is 0 Å². The minimum absolute atomic E-state index is 0.150. The highest BCUT2D eigenvalue weighted by Gasteiger charge is 2.47. The number of rotatable bonds is 2. The van der Waals surface area contributed by atoms with Crippen LogP contribution in [0.1, 0.15) is 17.5 Å². The van der Waals surface area contributed by atoms with Crippen LogP contribution in [-0.2, 0) is 16.6 Å². The fourth-order valence-corrected chi connectivity index (χ4v) is 2.89. The molecule has 0 aliphatic carbocycles. The van der Waals surface area contributed by atoms with Crippen LogP contribution in [0, 0.1) is 5.41 Å². The highest BCUT2D eigenvalue weighted by Crippen LogP contribution is 2.33. The van der Waals surface area contributed by atoms with E-state index in [4.69, 9.17) is 5.41 Å². The summed E-state index contributed by atoms with van der Waals surface area (Å²) in [6.45, 7) is 0. The molecule has 0 spiro atoms. The smallest absolute Gasteiger partial charge is 0.286 e. The van der Waals surface area contributed by atoms with Gasteiger partial charge < -0.3 is 0 Å². The van der Waals surface area contributed by atoms with Crippen molar-refractivity contribution in [3.8, 4) is 0 Å². The molecule has 2 atom stereocenters. The van der Waals surface area contributed by atoms with Crippen LogP contribution in [0.25, 0.3) is 0 Å². The van der Waals surface area contributed by atoms with E-state index in [1.807, 2.05) is 54.3 Å². The van der Waals surface area contributed by atoms with Crippen LogP contribution in [0.2, 0.25) is 0 Å². The molecule has 1 aliphatic rings. The molecule has 23 heavy (non-hydrogen) atoms. The molecule has 0 bridgehead atoms. The van der Waals surface area contributed by atoms with Gasteiger partial charge in [0.05, 0.1) is 5.57 Å². The van der Waals surface area contributed by atoms with Gasteiger partial charge in [-0.1, -0.05) is 6.07 Å². The second kappa shape index (κ2) is 5.94. The lowest BCUT2D eigenvalue weighted by Crippen LogP contribution is -2.57. The molecule has 2 amide bonds. The van der Waals surface area contributed by atoms with Crippen molar-refractivity contribution in [2.45, 2.75) is 12.0 Å². The third-order valence-electron chi connectivity index (χ3n) is 3.89. The highest BCUT2D eigenvalue weighted by atomic mass is 16.2. The summed E-state index contributed by atoms with van der Waals surface area (Å²) in [7, 11) is 1.87. The second-order valence-electron chi connectivity index (χ2n) is 5.41. The van der Waals surface area contributed by atoms with Gasteiger partial charge in [0, 0.05) is 23.8 Å². The van der Waals surface area contributed by atoms with Crippen LogP contribution in [0.5, 0.6) is 0 Å². The quantitative estimate of drug-likeness (QED) is 0.353. The molecule has 1 fully saturated rings. The van der Waals surface area contributed by atoms with Gasteiger partial charge in [-0.15, -0.1) is 0 Å². The van der Waals surface area contributed by atoms with Crippen molar-refractivity contribution in [2.24, 2.45) is 7.05 Å². The normalized spacial score (nSPS) is 20.8. The number of hydrogen-bond donors (Lipinski definition) is 2. The van der Waals surface area contributed by atoms with Crippen molar-refractivity contribution in [3.05, 3.63) is 66.3 Å². The summed E-state index contributed by atoms with van der Waals surface area (Å²) < 4.78 is 3.59. The Morgan fingerprint density at radius 3 is 2.52 bits per heavy atom. The molecule has 2 aromatic rings. The van der Waals surface area contributed by atoms with Crippen LogP contribution >= 0.6 is 0 Å². The number of amides is 2. The summed E-state index contributed by atoms with van der Waals surface area (Å²) in [4.78, 5) is 24.6. The first-order valence-electron chi connectivity index (χ1n) is 7.17. The number of piperidine rings is 1. The van der Waals surface area contributed by atoms with E-state index in [2.05, 4.69) is 11.2 Å². The van der Waals surface area contributed by atoms with Gasteiger partial charge >= 0.3 is 0 Å². The zero-order valence-corrected chi connectivity index (χ0v) is 12.6. The average molecular weight is 308 g/mol. The lowest BCUT2D eigenvalue weighted by atomic mass is 9.82. The molecule has 3 heterocycles. The number of nitrogens with zero attached hydrogens (tertiary/aromatic N) is 2. The molecule has 114 valence electrons. The van der Waals surface area contributed by atoms with E-state index in [1.54, 1.807) is 17.0 Å². The Balaban J connectivity index is 2.20. The minimum atomic E-state index is -0.649. The first-order valence-corrected chi connectivity index (χ1v) is 7.17. The van der Waals surface area contributed by atoms with Crippen molar-refractivity contribution in [1.82, 2.24) is 5.32 Å². The Bertz CT molecular complexity index is 825. The second-order valence-corrected chi connectivity index (χ2v) is 5.41. The van der Waals surface area contributed by atoms with E-state index < -0.39 is 17.9 Å². The first-order chi connectivity index (χ1) is 11.1. The van der Waals surface area contributed by atoms with E-state index in [-0.39, 0.29) is 11.5 Å². The molecule has 1 aliphatic heterocycles. The third kappa shape index (κ3) is 2.67. The zero-order chi connectivity index (χ0) is 16.4. The van der Waals surface area contributed by atoms with Crippen LogP contribution in [-0.4, -0.2) is 17.7 Å². The summed E-state index contributed by atoms with van der Waals surface area (Å²) in [5.41, 5.74) is 0.937. The van der Waals surface area contributed by atoms with Crippen molar-refractivity contribution in [2.75, 3.05) is 0 Å². The summed E-state index contributed by atoms with van der Waals surface area (Å²) in [5, 5.41) is 9.82. The number of carbonyl (C=O) groups excluding carboxylic acids is 2. The number of hydrogen-bond acceptors (Lipinski definition) is 3. The van der Waals surface area contributed by atoms with E-state index >= 15 is 0 Å². The predicted octanol–water partition coefficient (Wildman–Crippen LogP) is -0.0452. The monoisotopic (exact) mass is 308 g/mol. The predicted molar refractivity (Wildman–Crippen MR) is 80.4 cm³/mol. The third-order valence-corrected chi connectivity index (χ3v) is 3.89. The van der Waals surface area contributed by atoms with Crippen molar-refractivity contribution < 1.29 is 18.7 Å². The molecule has 6 nitrogen and oxygen atoms in total. The molecule has 3 rings (SSSR count). The number of pyridine rings is 2. The summed E-state index contributed by atoms with van der Waals surface area (Å²) in [6.07, 6.45) is 7.27. The standard InChI is InChI=1S/C17H15N4O2/c1-20-7-5-6-12(11-20)14-13(10-18)16(22)19-17(23)15(14)21-8-3-2-4-9-21/h2-9,11,14-15,18H,1H3/q+1/p+1/t14-,15+/m0/s1. The van der Waals surface area contributed by atoms with Gasteiger partial charge in [0.1, 0.15) is 13.0 Å². The van der Waals surface area contributed by atoms with Crippen LogP contribution in [0.15, 0.2) is 60.7 Å². The highest BCUT2D eigenvalue weighted by molar-refractivity contribution is 6.13. The molecule has 2 N–H and O–H groups in total. The van der Waals surface area contributed by atoms with Gasteiger partial charge in [-0.2, -0.15) is 4.57 Å². The lowest BCUT2D eigenvalue weighted by molar-refractivity contribution is -0.712. The number of imide groups is 1. The minimum Gasteiger partial charge on any atom is -0.286 e. The fraction of sp³-hybridized carbons (Fsp3) is 0.176.